The van der Waals surface area contributed by atoms with E-state index in [1.807, 2.05) is 7.05 Å². The summed E-state index contributed by atoms with van der Waals surface area (Å²) in [4.78, 5) is 0.294. The molecule has 1 aliphatic carbocycles. The van der Waals surface area contributed by atoms with E-state index in [2.05, 4.69) is 10.0 Å². The van der Waals surface area contributed by atoms with Crippen LogP contribution >= 0.6 is 0 Å². The normalized spacial score (nSPS) is 15.7. The highest BCUT2D eigenvalue weighted by Gasteiger charge is 2.20. The molecule has 1 saturated carbocycles. The highest BCUT2D eigenvalue weighted by atomic mass is 32.2. The predicted octanol–water partition coefficient (Wildman–Crippen LogP) is 1.88. The van der Waals surface area contributed by atoms with Gasteiger partial charge in [-0.1, -0.05) is 19.3 Å². The van der Waals surface area contributed by atoms with Crippen LogP contribution in [0.4, 0.5) is 0 Å². The first-order chi connectivity index (χ1) is 10.1. The average molecular weight is 312 g/mol. The molecule has 0 aliphatic heterocycles. The minimum absolute atomic E-state index is 0.294. The first kappa shape index (κ1) is 16.3. The number of hydrogen-bond donors (Lipinski definition) is 2. The van der Waals surface area contributed by atoms with Crippen molar-refractivity contribution in [1.29, 1.82) is 0 Å². The molecular weight excluding hydrogens is 288 g/mol. The van der Waals surface area contributed by atoms with Crippen LogP contribution < -0.4 is 14.8 Å². The maximum Gasteiger partial charge on any atom is 0.240 e. The number of nitrogens with one attached hydrogen (secondary N) is 2. The highest BCUT2D eigenvalue weighted by molar-refractivity contribution is 7.89. The number of benzene rings is 1. The fourth-order valence-corrected chi connectivity index (χ4v) is 3.61. The van der Waals surface area contributed by atoms with Crippen molar-refractivity contribution in [2.24, 2.45) is 5.92 Å². The van der Waals surface area contributed by atoms with Crippen LogP contribution in [-0.2, 0) is 16.6 Å². The van der Waals surface area contributed by atoms with Gasteiger partial charge in [-0.05, 0) is 37.6 Å². The van der Waals surface area contributed by atoms with Gasteiger partial charge in [0.1, 0.15) is 5.75 Å². The zero-order chi connectivity index (χ0) is 15.3. The highest BCUT2D eigenvalue weighted by Crippen LogP contribution is 2.29. The number of sulfonamides is 1. The Kier molecular flexibility index (Phi) is 5.61. The molecule has 0 bridgehead atoms. The van der Waals surface area contributed by atoms with Crippen LogP contribution in [0.15, 0.2) is 23.1 Å². The second kappa shape index (κ2) is 7.24. The predicted molar refractivity (Wildman–Crippen MR) is 82.9 cm³/mol. The molecule has 0 atom stereocenters. The molecule has 0 amide bonds. The smallest absolute Gasteiger partial charge is 0.240 e. The number of methoxy groups -OCH3 is 1. The Morgan fingerprint density at radius 2 is 2.10 bits per heavy atom. The molecule has 2 N–H and O–H groups in total. The Balaban J connectivity index is 2.05. The fourth-order valence-electron chi connectivity index (χ4n) is 2.51. The summed E-state index contributed by atoms with van der Waals surface area (Å²) >= 11 is 0. The van der Waals surface area contributed by atoms with Crippen molar-refractivity contribution in [1.82, 2.24) is 10.0 Å². The van der Waals surface area contributed by atoms with Crippen LogP contribution in [0.3, 0.4) is 0 Å². The van der Waals surface area contributed by atoms with Gasteiger partial charge in [0.25, 0.3) is 0 Å². The molecule has 1 fully saturated rings. The SMILES string of the molecule is CNCc1cc(S(=O)(=O)NCCC2CCC2)ccc1OC. The van der Waals surface area contributed by atoms with E-state index in [0.717, 1.165) is 12.0 Å². The zero-order valence-corrected chi connectivity index (χ0v) is 13.5. The summed E-state index contributed by atoms with van der Waals surface area (Å²) in [5.74, 6) is 1.39. The standard InChI is InChI=1S/C15H24N2O3S/c1-16-11-13-10-14(6-7-15(13)20-2)21(18,19)17-9-8-12-4-3-5-12/h6-7,10,12,16-17H,3-5,8-9,11H2,1-2H3. The molecule has 0 spiro atoms. The van der Waals surface area contributed by atoms with E-state index in [1.165, 1.54) is 19.3 Å². The lowest BCUT2D eigenvalue weighted by molar-refractivity contribution is 0.297. The van der Waals surface area contributed by atoms with Crippen LogP contribution in [0.5, 0.6) is 5.75 Å². The lowest BCUT2D eigenvalue weighted by Crippen LogP contribution is -2.27. The van der Waals surface area contributed by atoms with E-state index < -0.39 is 10.0 Å². The van der Waals surface area contributed by atoms with Gasteiger partial charge in [0, 0.05) is 18.7 Å². The Morgan fingerprint density at radius 1 is 1.33 bits per heavy atom. The van der Waals surface area contributed by atoms with E-state index in [1.54, 1.807) is 25.3 Å². The van der Waals surface area contributed by atoms with Crippen molar-refractivity contribution < 1.29 is 13.2 Å². The minimum Gasteiger partial charge on any atom is -0.496 e. The summed E-state index contributed by atoms with van der Waals surface area (Å²) in [6.45, 7) is 1.08. The third-order valence-electron chi connectivity index (χ3n) is 4.00. The first-order valence-corrected chi connectivity index (χ1v) is 8.86. The van der Waals surface area contributed by atoms with Crippen LogP contribution in [-0.4, -0.2) is 29.1 Å². The molecule has 0 unspecified atom stereocenters. The lowest BCUT2D eigenvalue weighted by atomic mass is 9.83. The maximum atomic E-state index is 12.3. The number of ether oxygens (including phenoxy) is 1. The Morgan fingerprint density at radius 3 is 2.67 bits per heavy atom. The van der Waals surface area contributed by atoms with E-state index in [4.69, 9.17) is 4.74 Å². The van der Waals surface area contributed by atoms with Crippen LogP contribution in [0.25, 0.3) is 0 Å². The molecule has 1 aromatic rings. The van der Waals surface area contributed by atoms with Gasteiger partial charge in [-0.15, -0.1) is 0 Å². The number of rotatable bonds is 8. The van der Waals surface area contributed by atoms with E-state index in [9.17, 15) is 8.42 Å². The van der Waals surface area contributed by atoms with Gasteiger partial charge in [-0.25, -0.2) is 13.1 Å². The quantitative estimate of drug-likeness (QED) is 0.769. The largest absolute Gasteiger partial charge is 0.496 e. The molecule has 0 saturated heterocycles. The van der Waals surface area contributed by atoms with Gasteiger partial charge in [-0.2, -0.15) is 0 Å². The topological polar surface area (TPSA) is 67.4 Å². The molecular formula is C15H24N2O3S. The Labute approximate surface area is 127 Å². The van der Waals surface area contributed by atoms with Crippen molar-refractivity contribution in [3.05, 3.63) is 23.8 Å². The summed E-state index contributed by atoms with van der Waals surface area (Å²) in [5.41, 5.74) is 0.835. The van der Waals surface area contributed by atoms with Crippen LogP contribution in [0.2, 0.25) is 0 Å². The van der Waals surface area contributed by atoms with Gasteiger partial charge in [0.15, 0.2) is 0 Å². The maximum absolute atomic E-state index is 12.3. The second-order valence-electron chi connectivity index (χ2n) is 5.49. The summed E-state index contributed by atoms with van der Waals surface area (Å²) in [6, 6.07) is 4.96. The molecule has 0 radical (unpaired) electrons. The van der Waals surface area contributed by atoms with Crippen molar-refractivity contribution in [2.45, 2.75) is 37.1 Å². The third kappa shape index (κ3) is 4.18. The van der Waals surface area contributed by atoms with Crippen molar-refractivity contribution >= 4 is 10.0 Å². The average Bonchev–Trinajstić information content (AvgIpc) is 2.42. The van der Waals surface area contributed by atoms with Gasteiger partial charge < -0.3 is 10.1 Å². The van der Waals surface area contributed by atoms with E-state index in [-0.39, 0.29) is 0 Å². The van der Waals surface area contributed by atoms with Gasteiger partial charge in [0.2, 0.25) is 10.0 Å². The van der Waals surface area contributed by atoms with Crippen molar-refractivity contribution in [2.75, 3.05) is 20.7 Å². The molecule has 1 aliphatic rings. The number of hydrogen-bond acceptors (Lipinski definition) is 4. The second-order valence-corrected chi connectivity index (χ2v) is 7.25. The molecule has 0 heterocycles. The molecule has 6 heteroatoms. The molecule has 1 aromatic carbocycles. The molecule has 5 nitrogen and oxygen atoms in total. The van der Waals surface area contributed by atoms with Crippen molar-refractivity contribution in [3.8, 4) is 5.75 Å². The summed E-state index contributed by atoms with van der Waals surface area (Å²) in [5, 5.41) is 3.02. The van der Waals surface area contributed by atoms with Gasteiger partial charge >= 0.3 is 0 Å². The summed E-state index contributed by atoms with van der Waals surface area (Å²) in [7, 11) is -0.0394. The summed E-state index contributed by atoms with van der Waals surface area (Å²) < 4.78 is 32.5. The molecule has 0 aromatic heterocycles. The monoisotopic (exact) mass is 312 g/mol. The van der Waals surface area contributed by atoms with Gasteiger partial charge in [0.05, 0.1) is 12.0 Å². The van der Waals surface area contributed by atoms with Gasteiger partial charge in [-0.3, -0.25) is 0 Å². The fraction of sp³-hybridized carbons (Fsp3) is 0.600. The summed E-state index contributed by atoms with van der Waals surface area (Å²) in [6.07, 6.45) is 4.68. The van der Waals surface area contributed by atoms with E-state index in [0.29, 0.717) is 29.7 Å². The zero-order valence-electron chi connectivity index (χ0n) is 12.7. The Hall–Kier alpha value is -1.11. The molecule has 2 rings (SSSR count). The van der Waals surface area contributed by atoms with Crippen molar-refractivity contribution in [3.63, 3.8) is 0 Å². The third-order valence-corrected chi connectivity index (χ3v) is 5.46. The first-order valence-electron chi connectivity index (χ1n) is 7.38. The Bertz CT molecular complexity index is 568. The van der Waals surface area contributed by atoms with Crippen LogP contribution in [0, 0.1) is 5.92 Å². The van der Waals surface area contributed by atoms with Crippen LogP contribution in [0.1, 0.15) is 31.2 Å². The van der Waals surface area contributed by atoms with E-state index >= 15 is 0 Å². The lowest BCUT2D eigenvalue weighted by Gasteiger charge is -2.25. The molecule has 21 heavy (non-hydrogen) atoms. The molecule has 118 valence electrons. The minimum atomic E-state index is -3.44.